The zero-order valence-electron chi connectivity index (χ0n) is 9.70. The molecular formula is C13H24N2. The Morgan fingerprint density at radius 1 is 0.933 bits per heavy atom. The molecule has 86 valence electrons. The van der Waals surface area contributed by atoms with E-state index in [0.717, 1.165) is 30.6 Å². The summed E-state index contributed by atoms with van der Waals surface area (Å²) in [4.78, 5) is 2.83. The van der Waals surface area contributed by atoms with Gasteiger partial charge < -0.3 is 5.73 Å². The highest BCUT2D eigenvalue weighted by atomic mass is 15.3. The first-order chi connectivity index (χ1) is 7.40. The molecule has 15 heavy (non-hydrogen) atoms. The Labute approximate surface area is 93.2 Å². The van der Waals surface area contributed by atoms with Gasteiger partial charge in [0.15, 0.2) is 0 Å². The van der Waals surface area contributed by atoms with Gasteiger partial charge in [0.1, 0.15) is 0 Å². The van der Waals surface area contributed by atoms with Crippen molar-refractivity contribution in [1.82, 2.24) is 4.90 Å². The summed E-state index contributed by atoms with van der Waals surface area (Å²) in [5.74, 6) is 0.961. The SMILES string of the molecule is NCC1C2CC(C2)N1C1CCCCCC1. The fourth-order valence-corrected chi connectivity index (χ4v) is 4.14. The Hall–Kier alpha value is -0.0800. The van der Waals surface area contributed by atoms with Crippen molar-refractivity contribution in [2.24, 2.45) is 11.7 Å². The minimum atomic E-state index is 0.748. The molecule has 2 bridgehead atoms. The second-order valence-electron chi connectivity index (χ2n) is 5.78. The molecule has 0 spiro atoms. The van der Waals surface area contributed by atoms with E-state index in [4.69, 9.17) is 5.73 Å². The molecule has 0 radical (unpaired) electrons. The van der Waals surface area contributed by atoms with Crippen LogP contribution in [-0.4, -0.2) is 29.6 Å². The molecule has 2 aliphatic carbocycles. The lowest BCUT2D eigenvalue weighted by Gasteiger charge is -2.33. The minimum Gasteiger partial charge on any atom is -0.329 e. The summed E-state index contributed by atoms with van der Waals surface area (Å²) in [6, 6.07) is 2.56. The number of rotatable bonds is 2. The monoisotopic (exact) mass is 208 g/mol. The topological polar surface area (TPSA) is 29.3 Å². The maximum atomic E-state index is 5.95. The van der Waals surface area contributed by atoms with Gasteiger partial charge in [0.2, 0.25) is 0 Å². The van der Waals surface area contributed by atoms with Crippen LogP contribution >= 0.6 is 0 Å². The van der Waals surface area contributed by atoms with Crippen molar-refractivity contribution in [2.45, 2.75) is 69.5 Å². The molecule has 2 saturated heterocycles. The van der Waals surface area contributed by atoms with E-state index in [9.17, 15) is 0 Å². The molecule has 2 heterocycles. The van der Waals surface area contributed by atoms with Gasteiger partial charge in [-0.3, -0.25) is 4.90 Å². The zero-order valence-corrected chi connectivity index (χ0v) is 9.70. The molecule has 1 unspecified atom stereocenters. The maximum absolute atomic E-state index is 5.95. The Kier molecular flexibility index (Phi) is 2.73. The van der Waals surface area contributed by atoms with Crippen LogP contribution < -0.4 is 5.73 Å². The lowest BCUT2D eigenvalue weighted by molar-refractivity contribution is 0.141. The Morgan fingerprint density at radius 2 is 1.60 bits per heavy atom. The fraction of sp³-hybridized carbons (Fsp3) is 1.00. The van der Waals surface area contributed by atoms with Gasteiger partial charge in [-0.25, -0.2) is 0 Å². The van der Waals surface area contributed by atoms with E-state index in [0.29, 0.717) is 0 Å². The summed E-state index contributed by atoms with van der Waals surface area (Å²) in [6.07, 6.45) is 11.6. The van der Waals surface area contributed by atoms with Crippen LogP contribution in [0.2, 0.25) is 0 Å². The first-order valence-corrected chi connectivity index (χ1v) is 6.87. The van der Waals surface area contributed by atoms with Gasteiger partial charge in [0, 0.05) is 24.7 Å². The zero-order chi connectivity index (χ0) is 10.3. The molecular weight excluding hydrogens is 184 g/mol. The number of nitrogens with two attached hydrogens (primary N) is 1. The van der Waals surface area contributed by atoms with Crippen LogP contribution in [0.4, 0.5) is 0 Å². The minimum absolute atomic E-state index is 0.748. The van der Waals surface area contributed by atoms with Crippen molar-refractivity contribution in [1.29, 1.82) is 0 Å². The molecule has 0 aromatic carbocycles. The van der Waals surface area contributed by atoms with E-state index in [1.54, 1.807) is 0 Å². The largest absolute Gasteiger partial charge is 0.329 e. The average Bonchev–Trinajstić information content (AvgIpc) is 2.60. The highest BCUT2D eigenvalue weighted by Crippen LogP contribution is 2.48. The summed E-state index contributed by atoms with van der Waals surface area (Å²) in [5.41, 5.74) is 5.95. The number of hydrogen-bond donors (Lipinski definition) is 1. The van der Waals surface area contributed by atoms with Gasteiger partial charge in [-0.2, -0.15) is 0 Å². The quantitative estimate of drug-likeness (QED) is 0.704. The smallest absolute Gasteiger partial charge is 0.0253 e. The Morgan fingerprint density at radius 3 is 2.20 bits per heavy atom. The molecule has 0 amide bonds. The van der Waals surface area contributed by atoms with Gasteiger partial charge >= 0.3 is 0 Å². The normalized spacial score (nSPS) is 42.6. The van der Waals surface area contributed by atoms with Crippen LogP contribution in [0.3, 0.4) is 0 Å². The van der Waals surface area contributed by atoms with Gasteiger partial charge in [0.25, 0.3) is 0 Å². The highest BCUT2D eigenvalue weighted by molar-refractivity contribution is 5.06. The van der Waals surface area contributed by atoms with Gasteiger partial charge in [-0.1, -0.05) is 25.7 Å². The lowest BCUT2D eigenvalue weighted by atomic mass is 9.83. The Balaban J connectivity index is 1.69. The molecule has 4 fully saturated rings. The number of fused-ring (bicyclic) bond motifs is 1. The molecule has 2 aliphatic heterocycles. The van der Waals surface area contributed by atoms with Crippen molar-refractivity contribution in [3.8, 4) is 0 Å². The van der Waals surface area contributed by atoms with E-state index in [2.05, 4.69) is 4.90 Å². The second-order valence-corrected chi connectivity index (χ2v) is 5.78. The van der Waals surface area contributed by atoms with Crippen LogP contribution in [0.5, 0.6) is 0 Å². The van der Waals surface area contributed by atoms with Crippen molar-refractivity contribution < 1.29 is 0 Å². The van der Waals surface area contributed by atoms with Crippen molar-refractivity contribution in [2.75, 3.05) is 6.54 Å². The molecule has 0 aromatic heterocycles. The van der Waals surface area contributed by atoms with Crippen LogP contribution in [0.25, 0.3) is 0 Å². The maximum Gasteiger partial charge on any atom is 0.0253 e. The van der Waals surface area contributed by atoms with Crippen LogP contribution in [0.15, 0.2) is 0 Å². The summed E-state index contributed by atoms with van der Waals surface area (Å²) in [6.45, 7) is 0.900. The fourth-order valence-electron chi connectivity index (χ4n) is 4.14. The third kappa shape index (κ3) is 1.62. The van der Waals surface area contributed by atoms with Crippen LogP contribution in [0, 0.1) is 5.92 Å². The van der Waals surface area contributed by atoms with Gasteiger partial charge in [0.05, 0.1) is 0 Å². The molecule has 2 N–H and O–H groups in total. The molecule has 4 aliphatic rings. The van der Waals surface area contributed by atoms with Crippen molar-refractivity contribution in [3.05, 3.63) is 0 Å². The first-order valence-electron chi connectivity index (χ1n) is 6.87. The summed E-state index contributed by atoms with van der Waals surface area (Å²) in [5, 5.41) is 0. The predicted molar refractivity (Wildman–Crippen MR) is 62.7 cm³/mol. The first kappa shape index (κ1) is 10.1. The molecule has 2 nitrogen and oxygen atoms in total. The lowest BCUT2D eigenvalue weighted by Crippen LogP contribution is -2.43. The van der Waals surface area contributed by atoms with Gasteiger partial charge in [-0.05, 0) is 31.6 Å². The van der Waals surface area contributed by atoms with Crippen molar-refractivity contribution in [3.63, 3.8) is 0 Å². The van der Waals surface area contributed by atoms with E-state index >= 15 is 0 Å². The van der Waals surface area contributed by atoms with Crippen LogP contribution in [0.1, 0.15) is 51.4 Å². The van der Waals surface area contributed by atoms with Crippen LogP contribution in [-0.2, 0) is 0 Å². The van der Waals surface area contributed by atoms with E-state index in [1.807, 2.05) is 0 Å². The van der Waals surface area contributed by atoms with E-state index in [1.165, 1.54) is 51.4 Å². The van der Waals surface area contributed by atoms with Crippen molar-refractivity contribution >= 4 is 0 Å². The number of nitrogens with zero attached hydrogens (tertiary/aromatic N) is 1. The average molecular weight is 208 g/mol. The molecule has 2 heteroatoms. The predicted octanol–water partition coefficient (Wildman–Crippen LogP) is 2.13. The Bertz CT molecular complexity index is 215. The molecule has 1 atom stereocenters. The summed E-state index contributed by atoms with van der Waals surface area (Å²) >= 11 is 0. The van der Waals surface area contributed by atoms with Gasteiger partial charge in [-0.15, -0.1) is 0 Å². The summed E-state index contributed by atoms with van der Waals surface area (Å²) < 4.78 is 0. The third-order valence-corrected chi connectivity index (χ3v) is 4.99. The second kappa shape index (κ2) is 4.06. The number of hydrogen-bond acceptors (Lipinski definition) is 2. The molecule has 2 saturated carbocycles. The molecule has 4 rings (SSSR count). The van der Waals surface area contributed by atoms with E-state index in [-0.39, 0.29) is 0 Å². The third-order valence-electron chi connectivity index (χ3n) is 4.99. The molecule has 0 aromatic rings. The highest BCUT2D eigenvalue weighted by Gasteiger charge is 2.51. The summed E-state index contributed by atoms with van der Waals surface area (Å²) in [7, 11) is 0. The standard InChI is InChI=1S/C13H24N2/c14-9-13-10-7-12(8-10)15(13)11-5-3-1-2-4-6-11/h10-13H,1-9,14H2. The van der Waals surface area contributed by atoms with E-state index < -0.39 is 0 Å².